The SMILES string of the molecule is NS(=O)(=O)c1cc([N+](=O)[O-])ccc1OCCCF. The van der Waals surface area contributed by atoms with E-state index in [0.717, 1.165) is 18.2 Å². The molecule has 0 fully saturated rings. The molecule has 1 aromatic carbocycles. The zero-order chi connectivity index (χ0) is 13.8. The summed E-state index contributed by atoms with van der Waals surface area (Å²) in [5, 5.41) is 15.5. The molecule has 0 spiro atoms. The molecule has 0 aromatic heterocycles. The largest absolute Gasteiger partial charge is 0.492 e. The second-order valence-electron chi connectivity index (χ2n) is 3.32. The fourth-order valence-electron chi connectivity index (χ4n) is 1.19. The number of hydrogen-bond acceptors (Lipinski definition) is 5. The van der Waals surface area contributed by atoms with E-state index >= 15 is 0 Å². The summed E-state index contributed by atoms with van der Waals surface area (Å²) >= 11 is 0. The molecule has 2 N–H and O–H groups in total. The summed E-state index contributed by atoms with van der Waals surface area (Å²) in [7, 11) is -4.15. The number of nitro groups is 1. The van der Waals surface area contributed by atoms with Crippen molar-refractivity contribution < 1.29 is 22.5 Å². The lowest BCUT2D eigenvalue weighted by molar-refractivity contribution is -0.385. The van der Waals surface area contributed by atoms with E-state index in [9.17, 15) is 22.9 Å². The van der Waals surface area contributed by atoms with E-state index in [4.69, 9.17) is 9.88 Å². The number of ether oxygens (including phenoxy) is 1. The highest BCUT2D eigenvalue weighted by atomic mass is 32.2. The normalized spacial score (nSPS) is 11.2. The molecule has 0 saturated heterocycles. The van der Waals surface area contributed by atoms with Gasteiger partial charge in [-0.15, -0.1) is 0 Å². The fourth-order valence-corrected chi connectivity index (χ4v) is 1.88. The number of sulfonamides is 1. The molecule has 18 heavy (non-hydrogen) atoms. The lowest BCUT2D eigenvalue weighted by Gasteiger charge is -2.09. The summed E-state index contributed by atoms with van der Waals surface area (Å²) in [4.78, 5) is 9.29. The Balaban J connectivity index is 3.14. The van der Waals surface area contributed by atoms with E-state index in [1.807, 2.05) is 0 Å². The topological polar surface area (TPSA) is 113 Å². The summed E-state index contributed by atoms with van der Waals surface area (Å²) < 4.78 is 39.4. The Hall–Kier alpha value is -1.74. The first-order valence-electron chi connectivity index (χ1n) is 4.86. The van der Waals surface area contributed by atoms with Crippen LogP contribution in [0, 0.1) is 10.1 Å². The molecule has 0 aliphatic rings. The highest BCUT2D eigenvalue weighted by Crippen LogP contribution is 2.27. The van der Waals surface area contributed by atoms with Gasteiger partial charge in [-0.1, -0.05) is 0 Å². The smallest absolute Gasteiger partial charge is 0.271 e. The van der Waals surface area contributed by atoms with Gasteiger partial charge in [0, 0.05) is 18.6 Å². The zero-order valence-electron chi connectivity index (χ0n) is 9.21. The van der Waals surface area contributed by atoms with Crippen molar-refractivity contribution in [1.29, 1.82) is 0 Å². The Morgan fingerprint density at radius 1 is 1.44 bits per heavy atom. The monoisotopic (exact) mass is 278 g/mol. The number of nitrogens with two attached hydrogens (primary N) is 1. The van der Waals surface area contributed by atoms with Gasteiger partial charge >= 0.3 is 0 Å². The van der Waals surface area contributed by atoms with Crippen molar-refractivity contribution in [2.45, 2.75) is 11.3 Å². The minimum absolute atomic E-state index is 0.0448. The average molecular weight is 278 g/mol. The number of halogens is 1. The van der Waals surface area contributed by atoms with Crippen LogP contribution in [0.15, 0.2) is 23.1 Å². The van der Waals surface area contributed by atoms with Crippen LogP contribution in [0.5, 0.6) is 5.75 Å². The van der Waals surface area contributed by atoms with E-state index in [1.54, 1.807) is 0 Å². The highest BCUT2D eigenvalue weighted by molar-refractivity contribution is 7.89. The van der Waals surface area contributed by atoms with Crippen LogP contribution < -0.4 is 9.88 Å². The number of benzene rings is 1. The molecule has 1 aromatic rings. The number of primary sulfonamides is 1. The van der Waals surface area contributed by atoms with Crippen LogP contribution in [-0.4, -0.2) is 26.6 Å². The summed E-state index contributed by atoms with van der Waals surface area (Å²) in [5.74, 6) is -0.128. The molecule has 0 bridgehead atoms. The Labute approximate surface area is 103 Å². The van der Waals surface area contributed by atoms with Crippen LogP contribution in [0.2, 0.25) is 0 Å². The maximum Gasteiger partial charge on any atom is 0.271 e. The molecular weight excluding hydrogens is 267 g/mol. The second-order valence-corrected chi connectivity index (χ2v) is 4.85. The number of nitro benzene ring substituents is 1. The van der Waals surface area contributed by atoms with Gasteiger partial charge in [-0.3, -0.25) is 14.5 Å². The van der Waals surface area contributed by atoms with E-state index in [0.29, 0.717) is 0 Å². The van der Waals surface area contributed by atoms with Gasteiger partial charge in [0.1, 0.15) is 10.6 Å². The number of rotatable bonds is 6. The van der Waals surface area contributed by atoms with E-state index in [1.165, 1.54) is 0 Å². The first kappa shape index (κ1) is 14.3. The zero-order valence-corrected chi connectivity index (χ0v) is 10.0. The van der Waals surface area contributed by atoms with Crippen molar-refractivity contribution in [3.63, 3.8) is 0 Å². The third kappa shape index (κ3) is 3.64. The molecule has 0 unspecified atom stereocenters. The van der Waals surface area contributed by atoms with Gasteiger partial charge in [-0.25, -0.2) is 13.6 Å². The van der Waals surface area contributed by atoms with Crippen LogP contribution in [-0.2, 0) is 10.0 Å². The van der Waals surface area contributed by atoms with Gasteiger partial charge in [0.25, 0.3) is 5.69 Å². The number of hydrogen-bond donors (Lipinski definition) is 1. The predicted octanol–water partition coefficient (Wildman–Crippen LogP) is 0.981. The summed E-state index contributed by atoms with van der Waals surface area (Å²) in [6, 6.07) is 3.01. The maximum atomic E-state index is 11.9. The van der Waals surface area contributed by atoms with Gasteiger partial charge in [0.15, 0.2) is 0 Å². The van der Waals surface area contributed by atoms with Crippen molar-refractivity contribution in [2.75, 3.05) is 13.3 Å². The number of nitrogens with zero attached hydrogens (tertiary/aromatic N) is 1. The molecule has 0 aliphatic heterocycles. The van der Waals surface area contributed by atoms with Crippen molar-refractivity contribution in [3.8, 4) is 5.75 Å². The van der Waals surface area contributed by atoms with E-state index in [-0.39, 0.29) is 18.8 Å². The lowest BCUT2D eigenvalue weighted by Crippen LogP contribution is -2.14. The maximum absolute atomic E-state index is 11.9. The van der Waals surface area contributed by atoms with Crippen molar-refractivity contribution in [3.05, 3.63) is 28.3 Å². The van der Waals surface area contributed by atoms with Gasteiger partial charge in [0.05, 0.1) is 18.2 Å². The van der Waals surface area contributed by atoms with Crippen molar-refractivity contribution in [1.82, 2.24) is 0 Å². The van der Waals surface area contributed by atoms with Crippen molar-refractivity contribution >= 4 is 15.7 Å². The molecule has 0 aliphatic carbocycles. The summed E-state index contributed by atoms with van der Waals surface area (Å²) in [6.07, 6.45) is 0.0844. The number of alkyl halides is 1. The average Bonchev–Trinajstić information content (AvgIpc) is 2.28. The van der Waals surface area contributed by atoms with Crippen LogP contribution in [0.1, 0.15) is 6.42 Å². The minimum Gasteiger partial charge on any atom is -0.492 e. The third-order valence-electron chi connectivity index (χ3n) is 1.98. The van der Waals surface area contributed by atoms with Crippen LogP contribution in [0.3, 0.4) is 0 Å². The Morgan fingerprint density at radius 3 is 2.61 bits per heavy atom. The van der Waals surface area contributed by atoms with Gasteiger partial charge < -0.3 is 4.74 Å². The Morgan fingerprint density at radius 2 is 2.11 bits per heavy atom. The summed E-state index contributed by atoms with van der Waals surface area (Å²) in [6.45, 7) is -0.658. The van der Waals surface area contributed by atoms with Gasteiger partial charge in [-0.2, -0.15) is 0 Å². The standard InChI is InChI=1S/C9H11FN2O5S/c10-4-1-5-17-8-3-2-7(12(13)14)6-9(8)18(11,15)16/h2-3,6H,1,4-5H2,(H2,11,15,16). The second kappa shape index (κ2) is 5.74. The fraction of sp³-hybridized carbons (Fsp3) is 0.333. The minimum atomic E-state index is -4.15. The predicted molar refractivity (Wildman–Crippen MR) is 60.6 cm³/mol. The third-order valence-corrected chi connectivity index (χ3v) is 2.91. The Bertz CT molecular complexity index is 546. The molecule has 0 heterocycles. The lowest BCUT2D eigenvalue weighted by atomic mass is 10.3. The van der Waals surface area contributed by atoms with Gasteiger partial charge in [-0.05, 0) is 6.07 Å². The number of non-ortho nitro benzene ring substituents is 1. The molecule has 100 valence electrons. The molecule has 1 rings (SSSR count). The molecule has 0 saturated carbocycles. The van der Waals surface area contributed by atoms with Crippen LogP contribution >= 0.6 is 0 Å². The molecular formula is C9H11FN2O5S. The van der Waals surface area contributed by atoms with Crippen molar-refractivity contribution in [2.24, 2.45) is 5.14 Å². The molecule has 7 nitrogen and oxygen atoms in total. The summed E-state index contributed by atoms with van der Waals surface area (Å²) in [5.41, 5.74) is -0.420. The first-order chi connectivity index (χ1) is 8.36. The van der Waals surface area contributed by atoms with Gasteiger partial charge in [0.2, 0.25) is 10.0 Å². The molecule has 0 amide bonds. The molecule has 0 atom stereocenters. The first-order valence-corrected chi connectivity index (χ1v) is 6.41. The Kier molecular flexibility index (Phi) is 4.56. The molecule has 9 heteroatoms. The highest BCUT2D eigenvalue weighted by Gasteiger charge is 2.19. The van der Waals surface area contributed by atoms with Crippen LogP contribution in [0.25, 0.3) is 0 Å². The van der Waals surface area contributed by atoms with Crippen LogP contribution in [0.4, 0.5) is 10.1 Å². The van der Waals surface area contributed by atoms with E-state index in [2.05, 4.69) is 0 Å². The quantitative estimate of drug-likeness (QED) is 0.473. The molecule has 0 radical (unpaired) electrons. The van der Waals surface area contributed by atoms with E-state index < -0.39 is 32.2 Å².